The van der Waals surface area contributed by atoms with Gasteiger partial charge in [-0.2, -0.15) is 0 Å². The quantitative estimate of drug-likeness (QED) is 0.0291. The van der Waals surface area contributed by atoms with Crippen molar-refractivity contribution in [1.29, 1.82) is 0 Å². The maximum Gasteiger partial charge on any atom is 0.472 e. The summed E-state index contributed by atoms with van der Waals surface area (Å²) in [6.07, 6.45) is 31.0. The number of ether oxygens (including phenoxy) is 2. The Morgan fingerprint density at radius 1 is 0.630 bits per heavy atom. The van der Waals surface area contributed by atoms with Gasteiger partial charge >= 0.3 is 19.8 Å². The molecule has 0 aliphatic carbocycles. The summed E-state index contributed by atoms with van der Waals surface area (Å²) in [4.78, 5) is 34.6. The molecule has 0 fully saturated rings. The smallest absolute Gasteiger partial charge is 0.462 e. The van der Waals surface area contributed by atoms with E-state index in [0.29, 0.717) is 6.42 Å². The number of phosphoric ester groups is 1. The SMILES string of the molecule is CCCC/C=C\CCCCCCCC(=O)OC[C@H](COP(=O)(O)OCCN)OC(=O)CCCCCCCCCCCCCCCC. The van der Waals surface area contributed by atoms with Crippen LogP contribution in [0.3, 0.4) is 0 Å². The lowest BCUT2D eigenvalue weighted by Gasteiger charge is -2.19. The van der Waals surface area contributed by atoms with Crippen LogP contribution in [0, 0.1) is 0 Å². The van der Waals surface area contributed by atoms with Crippen LogP contribution in [0.2, 0.25) is 0 Å². The molecule has 272 valence electrons. The maximum absolute atomic E-state index is 12.5. The average molecular weight is 676 g/mol. The predicted molar refractivity (Wildman–Crippen MR) is 188 cm³/mol. The second kappa shape index (κ2) is 33.6. The number of esters is 2. The number of allylic oxidation sites excluding steroid dienone is 2. The van der Waals surface area contributed by atoms with Crippen LogP contribution in [0.1, 0.15) is 174 Å². The van der Waals surface area contributed by atoms with Crippen LogP contribution in [0.5, 0.6) is 0 Å². The molecule has 0 spiro atoms. The molecular formula is C36H70NO8P. The van der Waals surface area contributed by atoms with Crippen molar-refractivity contribution in [2.24, 2.45) is 5.73 Å². The van der Waals surface area contributed by atoms with Crippen LogP contribution in [0.15, 0.2) is 12.2 Å². The Bertz CT molecular complexity index is 779. The minimum Gasteiger partial charge on any atom is -0.462 e. The van der Waals surface area contributed by atoms with Gasteiger partial charge in [-0.1, -0.05) is 142 Å². The molecule has 0 saturated heterocycles. The number of unbranched alkanes of at least 4 members (excludes halogenated alkanes) is 20. The number of phosphoric acid groups is 1. The molecule has 0 saturated carbocycles. The fourth-order valence-electron chi connectivity index (χ4n) is 5.09. The Balaban J connectivity index is 4.22. The number of hydrogen-bond acceptors (Lipinski definition) is 8. The summed E-state index contributed by atoms with van der Waals surface area (Å²) in [5.41, 5.74) is 5.32. The van der Waals surface area contributed by atoms with E-state index in [-0.39, 0.29) is 32.6 Å². The highest BCUT2D eigenvalue weighted by Gasteiger charge is 2.25. The van der Waals surface area contributed by atoms with Crippen LogP contribution in [0.25, 0.3) is 0 Å². The first-order valence-electron chi connectivity index (χ1n) is 18.7. The Labute approximate surface area is 281 Å². The summed E-state index contributed by atoms with van der Waals surface area (Å²) < 4.78 is 32.6. The first kappa shape index (κ1) is 44.8. The van der Waals surface area contributed by atoms with Gasteiger partial charge in [0.15, 0.2) is 6.10 Å². The Hall–Kier alpha value is -1.25. The van der Waals surface area contributed by atoms with Crippen molar-refractivity contribution in [3.63, 3.8) is 0 Å². The van der Waals surface area contributed by atoms with E-state index >= 15 is 0 Å². The molecule has 0 heterocycles. The van der Waals surface area contributed by atoms with Crippen molar-refractivity contribution in [2.75, 3.05) is 26.4 Å². The third-order valence-corrected chi connectivity index (χ3v) is 8.89. The largest absolute Gasteiger partial charge is 0.472 e. The minimum atomic E-state index is -4.36. The number of rotatable bonds is 35. The van der Waals surface area contributed by atoms with Gasteiger partial charge in [-0.05, 0) is 32.1 Å². The van der Waals surface area contributed by atoms with E-state index in [9.17, 15) is 19.0 Å². The Kier molecular flexibility index (Phi) is 32.7. The first-order chi connectivity index (χ1) is 22.3. The zero-order valence-corrected chi connectivity index (χ0v) is 30.5. The molecule has 0 radical (unpaired) electrons. The normalized spacial score (nSPS) is 13.6. The van der Waals surface area contributed by atoms with Crippen molar-refractivity contribution in [3.8, 4) is 0 Å². The number of hydrogen-bond donors (Lipinski definition) is 2. The number of carbonyl (C=O) groups is 2. The second-order valence-corrected chi connectivity index (χ2v) is 13.9. The summed E-state index contributed by atoms with van der Waals surface area (Å²) in [6, 6.07) is 0. The first-order valence-corrected chi connectivity index (χ1v) is 20.2. The van der Waals surface area contributed by atoms with Gasteiger partial charge in [0.1, 0.15) is 6.61 Å². The van der Waals surface area contributed by atoms with Gasteiger partial charge in [-0.25, -0.2) is 4.57 Å². The van der Waals surface area contributed by atoms with Gasteiger partial charge in [0.2, 0.25) is 0 Å². The maximum atomic E-state index is 12.5. The van der Waals surface area contributed by atoms with E-state index in [2.05, 4.69) is 26.0 Å². The summed E-state index contributed by atoms with van der Waals surface area (Å²) in [5.74, 6) is -0.835. The second-order valence-electron chi connectivity index (χ2n) is 12.4. The number of nitrogens with two attached hydrogens (primary N) is 1. The molecule has 3 N–H and O–H groups in total. The molecule has 1 unspecified atom stereocenters. The zero-order valence-electron chi connectivity index (χ0n) is 29.6. The molecule has 0 amide bonds. The highest BCUT2D eigenvalue weighted by Crippen LogP contribution is 2.43. The lowest BCUT2D eigenvalue weighted by Crippen LogP contribution is -2.29. The number of carbonyl (C=O) groups excluding carboxylic acids is 2. The van der Waals surface area contributed by atoms with Gasteiger partial charge in [-0.15, -0.1) is 0 Å². The van der Waals surface area contributed by atoms with Gasteiger partial charge in [0, 0.05) is 19.4 Å². The van der Waals surface area contributed by atoms with E-state index in [1.165, 1.54) is 83.5 Å². The van der Waals surface area contributed by atoms with Crippen LogP contribution in [-0.2, 0) is 32.7 Å². The van der Waals surface area contributed by atoms with Gasteiger partial charge < -0.3 is 20.1 Å². The zero-order chi connectivity index (χ0) is 34.0. The van der Waals surface area contributed by atoms with Gasteiger partial charge in [-0.3, -0.25) is 18.6 Å². The third kappa shape index (κ3) is 32.7. The van der Waals surface area contributed by atoms with Crippen LogP contribution in [-0.4, -0.2) is 49.3 Å². The van der Waals surface area contributed by atoms with Crippen molar-refractivity contribution >= 4 is 19.8 Å². The van der Waals surface area contributed by atoms with Gasteiger partial charge in [0.25, 0.3) is 0 Å². The summed E-state index contributed by atoms with van der Waals surface area (Å²) >= 11 is 0. The van der Waals surface area contributed by atoms with E-state index in [1.54, 1.807) is 0 Å². The molecule has 46 heavy (non-hydrogen) atoms. The summed E-state index contributed by atoms with van der Waals surface area (Å²) in [7, 11) is -4.36. The summed E-state index contributed by atoms with van der Waals surface area (Å²) in [5, 5.41) is 0. The predicted octanol–water partition coefficient (Wildman–Crippen LogP) is 9.88. The third-order valence-electron chi connectivity index (χ3n) is 7.90. The van der Waals surface area contributed by atoms with E-state index < -0.39 is 32.5 Å². The van der Waals surface area contributed by atoms with E-state index in [1.807, 2.05) is 0 Å². The van der Waals surface area contributed by atoms with E-state index in [0.717, 1.165) is 57.8 Å². The lowest BCUT2D eigenvalue weighted by molar-refractivity contribution is -0.161. The Morgan fingerprint density at radius 3 is 1.61 bits per heavy atom. The Morgan fingerprint density at radius 2 is 1.09 bits per heavy atom. The monoisotopic (exact) mass is 675 g/mol. The van der Waals surface area contributed by atoms with Crippen molar-refractivity contribution in [2.45, 2.75) is 180 Å². The molecule has 9 nitrogen and oxygen atoms in total. The van der Waals surface area contributed by atoms with Crippen molar-refractivity contribution in [1.82, 2.24) is 0 Å². The fourth-order valence-corrected chi connectivity index (χ4v) is 5.85. The summed E-state index contributed by atoms with van der Waals surface area (Å²) in [6.45, 7) is 3.68. The topological polar surface area (TPSA) is 134 Å². The fraction of sp³-hybridized carbons (Fsp3) is 0.889. The molecule has 0 rings (SSSR count). The molecule has 0 aromatic heterocycles. The van der Waals surface area contributed by atoms with E-state index in [4.69, 9.17) is 24.3 Å². The van der Waals surface area contributed by atoms with Crippen molar-refractivity contribution < 1.29 is 37.6 Å². The lowest BCUT2D eigenvalue weighted by atomic mass is 10.0. The minimum absolute atomic E-state index is 0.0548. The molecule has 2 atom stereocenters. The average Bonchev–Trinajstić information content (AvgIpc) is 3.04. The molecule has 0 bridgehead atoms. The standard InChI is InChI=1S/C36H70NO8P/c1-3-5-7-9-11-13-15-16-17-19-21-23-25-27-29-36(39)45-34(33-44-46(40,41)43-31-30-37)32-42-35(38)28-26-24-22-20-18-14-12-10-8-6-4-2/h10,12,34H,3-9,11,13-33,37H2,1-2H3,(H,40,41)/b12-10-/t34-/m1/s1. The molecule has 10 heteroatoms. The molecule has 0 aliphatic heterocycles. The van der Waals surface area contributed by atoms with Gasteiger partial charge in [0.05, 0.1) is 13.2 Å². The molecule has 0 aromatic rings. The highest BCUT2D eigenvalue weighted by molar-refractivity contribution is 7.47. The highest BCUT2D eigenvalue weighted by atomic mass is 31.2. The molecular weight excluding hydrogens is 605 g/mol. The van der Waals surface area contributed by atoms with Crippen molar-refractivity contribution in [3.05, 3.63) is 12.2 Å². The molecule has 0 aliphatic rings. The van der Waals surface area contributed by atoms with Crippen LogP contribution < -0.4 is 5.73 Å². The van der Waals surface area contributed by atoms with Crippen LogP contribution in [0.4, 0.5) is 0 Å². The molecule has 0 aromatic carbocycles. The van der Waals surface area contributed by atoms with Crippen LogP contribution >= 0.6 is 7.82 Å².